The van der Waals surface area contributed by atoms with Crippen molar-refractivity contribution in [3.8, 4) is 17.2 Å². The van der Waals surface area contributed by atoms with Gasteiger partial charge >= 0.3 is 0 Å². The number of carbonyl (C=O) groups excluding carboxylic acids is 2. The van der Waals surface area contributed by atoms with E-state index >= 15 is 0 Å². The molecule has 0 aliphatic carbocycles. The number of halogens is 1. The molecule has 1 amide bonds. The Morgan fingerprint density at radius 1 is 1.10 bits per heavy atom. The molecule has 0 unspecified atom stereocenters. The third-order valence-electron chi connectivity index (χ3n) is 4.62. The minimum absolute atomic E-state index is 0.0778. The first kappa shape index (κ1) is 22.5. The number of nitrogens with zero attached hydrogens (tertiary/aromatic N) is 2. The molecule has 0 radical (unpaired) electrons. The summed E-state index contributed by atoms with van der Waals surface area (Å²) in [5.74, 6) is -0.310. The summed E-state index contributed by atoms with van der Waals surface area (Å²) >= 11 is 7.17. The van der Waals surface area contributed by atoms with Gasteiger partial charge in [-0.1, -0.05) is 53.2 Å². The summed E-state index contributed by atoms with van der Waals surface area (Å²) < 4.78 is 0. The lowest BCUT2D eigenvalue weighted by Gasteiger charge is -2.15. The number of hydrogen-bond acceptors (Lipinski definition) is 5. The number of ketones is 1. The quantitative estimate of drug-likeness (QED) is 0.378. The number of nitriles is 1. The van der Waals surface area contributed by atoms with Gasteiger partial charge in [-0.3, -0.25) is 9.59 Å². The monoisotopic (exact) mass is 449 g/mol. The van der Waals surface area contributed by atoms with Crippen LogP contribution in [0.4, 0.5) is 5.69 Å². The van der Waals surface area contributed by atoms with Gasteiger partial charge in [0.15, 0.2) is 5.78 Å². The highest BCUT2D eigenvalue weighted by Crippen LogP contribution is 2.35. The Labute approximate surface area is 190 Å². The van der Waals surface area contributed by atoms with Gasteiger partial charge in [0.1, 0.15) is 11.1 Å². The summed E-state index contributed by atoms with van der Waals surface area (Å²) in [6.07, 6.45) is 0. The van der Waals surface area contributed by atoms with Crippen LogP contribution >= 0.6 is 23.4 Å². The fraction of sp³-hybridized carbons (Fsp3) is 0.167. The smallest absolute Gasteiger partial charge is 0.234 e. The highest BCUT2D eigenvalue weighted by atomic mass is 35.5. The lowest BCUT2D eigenvalue weighted by Crippen LogP contribution is -2.14. The van der Waals surface area contributed by atoms with Gasteiger partial charge in [-0.15, -0.1) is 0 Å². The zero-order valence-electron chi connectivity index (χ0n) is 17.3. The predicted molar refractivity (Wildman–Crippen MR) is 125 cm³/mol. The first-order valence-corrected chi connectivity index (χ1v) is 10.9. The van der Waals surface area contributed by atoms with Crippen LogP contribution in [-0.4, -0.2) is 22.4 Å². The van der Waals surface area contributed by atoms with Crippen LogP contribution in [0.1, 0.15) is 34.1 Å². The van der Waals surface area contributed by atoms with Crippen molar-refractivity contribution in [2.75, 3.05) is 11.1 Å². The van der Waals surface area contributed by atoms with Crippen LogP contribution in [0.5, 0.6) is 0 Å². The average Bonchev–Trinajstić information content (AvgIpc) is 2.73. The molecule has 1 aromatic heterocycles. The molecule has 3 aromatic rings. The molecule has 1 N–H and O–H groups in total. The topological polar surface area (TPSA) is 82.8 Å². The van der Waals surface area contributed by atoms with E-state index in [9.17, 15) is 14.9 Å². The fourth-order valence-electron chi connectivity index (χ4n) is 3.19. The Morgan fingerprint density at radius 3 is 2.32 bits per heavy atom. The fourth-order valence-corrected chi connectivity index (χ4v) is 4.15. The van der Waals surface area contributed by atoms with Crippen molar-refractivity contribution in [2.24, 2.45) is 0 Å². The molecule has 31 heavy (non-hydrogen) atoms. The number of anilines is 1. The number of rotatable bonds is 6. The van der Waals surface area contributed by atoms with Gasteiger partial charge in [0.05, 0.1) is 17.0 Å². The number of aryl methyl sites for hydroxylation is 2. The average molecular weight is 450 g/mol. The molecule has 3 rings (SSSR count). The second-order valence-electron chi connectivity index (χ2n) is 7.01. The maximum Gasteiger partial charge on any atom is 0.234 e. The highest BCUT2D eigenvalue weighted by Gasteiger charge is 2.22. The van der Waals surface area contributed by atoms with E-state index in [1.807, 2.05) is 31.2 Å². The van der Waals surface area contributed by atoms with E-state index in [1.165, 1.54) is 18.7 Å². The maximum atomic E-state index is 12.4. The second-order valence-corrected chi connectivity index (χ2v) is 8.41. The number of benzene rings is 2. The minimum atomic E-state index is -0.208. The van der Waals surface area contributed by atoms with E-state index in [1.54, 1.807) is 31.2 Å². The third-order valence-corrected chi connectivity index (χ3v) is 5.84. The zero-order valence-corrected chi connectivity index (χ0v) is 18.9. The number of thioether (sulfide) groups is 1. The van der Waals surface area contributed by atoms with Crippen molar-refractivity contribution in [1.82, 2.24) is 4.98 Å². The summed E-state index contributed by atoms with van der Waals surface area (Å²) in [5, 5.41) is 13.7. The molecule has 2 aromatic carbocycles. The number of pyridine rings is 1. The summed E-state index contributed by atoms with van der Waals surface area (Å²) in [7, 11) is 0. The lowest BCUT2D eigenvalue weighted by atomic mass is 9.93. The Hall–Kier alpha value is -3.14. The Morgan fingerprint density at radius 2 is 1.74 bits per heavy atom. The van der Waals surface area contributed by atoms with Gasteiger partial charge in [-0.05, 0) is 50.6 Å². The van der Waals surface area contributed by atoms with Crippen LogP contribution in [-0.2, 0) is 4.79 Å². The summed E-state index contributed by atoms with van der Waals surface area (Å²) in [4.78, 5) is 29.2. The van der Waals surface area contributed by atoms with Crippen LogP contribution in [0, 0.1) is 25.2 Å². The number of carbonyl (C=O) groups is 2. The minimum Gasteiger partial charge on any atom is -0.325 e. The summed E-state index contributed by atoms with van der Waals surface area (Å²) in [6, 6.07) is 16.6. The first-order chi connectivity index (χ1) is 14.8. The molecule has 1 heterocycles. The summed E-state index contributed by atoms with van der Waals surface area (Å²) in [6.45, 7) is 5.15. The van der Waals surface area contributed by atoms with Crippen LogP contribution in [0.2, 0.25) is 5.02 Å². The lowest BCUT2D eigenvalue weighted by molar-refractivity contribution is -0.113. The SMILES string of the molecule is CC(=O)c1c(C)nc(SCC(=O)Nc2ccc(C)cc2)c(C#N)c1-c1ccc(Cl)cc1. The standard InChI is InChI=1S/C24H20ClN3O2S/c1-14-4-10-19(11-5-14)28-21(30)13-31-24-20(12-26)23(17-6-8-18(25)9-7-17)22(16(3)29)15(2)27-24/h4-11H,13H2,1-3H3,(H,28,30). The van der Waals surface area contributed by atoms with Crippen molar-refractivity contribution in [2.45, 2.75) is 25.8 Å². The molecule has 0 saturated heterocycles. The van der Waals surface area contributed by atoms with Gasteiger partial charge in [0.2, 0.25) is 5.91 Å². The zero-order chi connectivity index (χ0) is 22.5. The molecule has 0 fully saturated rings. The Bertz CT molecular complexity index is 1180. The van der Waals surface area contributed by atoms with Gasteiger partial charge < -0.3 is 5.32 Å². The van der Waals surface area contributed by atoms with Crippen molar-refractivity contribution in [1.29, 1.82) is 5.26 Å². The number of amides is 1. The second kappa shape index (κ2) is 9.78. The Balaban J connectivity index is 1.94. The Kier molecular flexibility index (Phi) is 7.11. The third kappa shape index (κ3) is 5.32. The maximum absolute atomic E-state index is 12.4. The number of nitrogens with one attached hydrogen (secondary N) is 1. The van der Waals surface area contributed by atoms with Crippen molar-refractivity contribution < 1.29 is 9.59 Å². The van der Waals surface area contributed by atoms with Gasteiger partial charge in [-0.25, -0.2) is 4.98 Å². The van der Waals surface area contributed by atoms with Crippen LogP contribution in [0.15, 0.2) is 53.6 Å². The van der Waals surface area contributed by atoms with Crippen LogP contribution in [0.3, 0.4) is 0 Å². The van der Waals surface area contributed by atoms with Crippen molar-refractivity contribution >= 4 is 40.7 Å². The van der Waals surface area contributed by atoms with Gasteiger partial charge in [0.25, 0.3) is 0 Å². The number of aromatic nitrogens is 1. The molecule has 0 atom stereocenters. The predicted octanol–water partition coefficient (Wildman–Crippen LogP) is 5.82. The van der Waals surface area contributed by atoms with E-state index in [-0.39, 0.29) is 23.0 Å². The molecule has 7 heteroatoms. The summed E-state index contributed by atoms with van der Waals surface area (Å²) in [5.41, 5.74) is 4.19. The largest absolute Gasteiger partial charge is 0.325 e. The first-order valence-electron chi connectivity index (χ1n) is 9.51. The van der Waals surface area contributed by atoms with E-state index in [4.69, 9.17) is 11.6 Å². The van der Waals surface area contributed by atoms with Crippen LogP contribution < -0.4 is 5.32 Å². The molecule has 0 aliphatic rings. The molecule has 0 bridgehead atoms. The van der Waals surface area contributed by atoms with E-state index in [0.717, 1.165) is 5.56 Å². The van der Waals surface area contributed by atoms with E-state index in [2.05, 4.69) is 16.4 Å². The molecular formula is C24H20ClN3O2S. The molecule has 0 aliphatic heterocycles. The molecule has 0 saturated carbocycles. The van der Waals surface area contributed by atoms with Crippen molar-refractivity contribution in [3.05, 3.63) is 75.9 Å². The molecule has 156 valence electrons. The van der Waals surface area contributed by atoms with E-state index in [0.29, 0.717) is 38.1 Å². The number of Topliss-reactive ketones (excluding diaryl/α,β-unsaturated/α-hetero) is 1. The van der Waals surface area contributed by atoms with E-state index < -0.39 is 0 Å². The van der Waals surface area contributed by atoms with Crippen LogP contribution in [0.25, 0.3) is 11.1 Å². The van der Waals surface area contributed by atoms with Crippen molar-refractivity contribution in [3.63, 3.8) is 0 Å². The highest BCUT2D eigenvalue weighted by molar-refractivity contribution is 8.00. The normalized spacial score (nSPS) is 10.4. The molecule has 5 nitrogen and oxygen atoms in total. The molecular weight excluding hydrogens is 430 g/mol. The number of hydrogen-bond donors (Lipinski definition) is 1. The molecule has 0 spiro atoms. The van der Waals surface area contributed by atoms with Gasteiger partial charge in [0, 0.05) is 21.8 Å². The van der Waals surface area contributed by atoms with Gasteiger partial charge in [-0.2, -0.15) is 5.26 Å².